The van der Waals surface area contributed by atoms with Gasteiger partial charge in [0.05, 0.1) is 12.2 Å². The van der Waals surface area contributed by atoms with Crippen molar-refractivity contribution in [2.75, 3.05) is 28.6 Å². The molecular weight excluding hydrogens is 464 g/mol. The van der Waals surface area contributed by atoms with Gasteiger partial charge in [-0.1, -0.05) is 29.8 Å². The van der Waals surface area contributed by atoms with Gasteiger partial charge in [0.25, 0.3) is 0 Å². The molecule has 1 aliphatic rings. The number of rotatable bonds is 6. The molecular formula is C25H25ClN8O. The van der Waals surface area contributed by atoms with E-state index in [1.54, 1.807) is 0 Å². The van der Waals surface area contributed by atoms with Gasteiger partial charge in [-0.05, 0) is 48.7 Å². The molecule has 1 amide bonds. The summed E-state index contributed by atoms with van der Waals surface area (Å²) in [6.07, 6.45) is 7.40. The van der Waals surface area contributed by atoms with Crippen LogP contribution in [0.2, 0.25) is 5.02 Å². The van der Waals surface area contributed by atoms with Gasteiger partial charge in [0.1, 0.15) is 6.33 Å². The van der Waals surface area contributed by atoms with Crippen molar-refractivity contribution < 1.29 is 4.79 Å². The quantitative estimate of drug-likeness (QED) is 0.396. The zero-order valence-electron chi connectivity index (χ0n) is 19.2. The second-order valence-electron chi connectivity index (χ2n) is 8.43. The summed E-state index contributed by atoms with van der Waals surface area (Å²) in [6.45, 7) is 3.12. The smallest absolute Gasteiger partial charge is 0.231 e. The van der Waals surface area contributed by atoms with Crippen LogP contribution in [0.15, 0.2) is 67.3 Å². The van der Waals surface area contributed by atoms with Crippen LogP contribution in [0.25, 0.3) is 11.1 Å². The molecule has 9 nitrogen and oxygen atoms in total. The zero-order chi connectivity index (χ0) is 24.2. The van der Waals surface area contributed by atoms with Crippen LogP contribution in [0.3, 0.4) is 0 Å². The number of carbonyl (C=O) groups is 1. The van der Waals surface area contributed by atoms with Crippen LogP contribution >= 0.6 is 11.6 Å². The minimum absolute atomic E-state index is 0.121. The van der Waals surface area contributed by atoms with Gasteiger partial charge in [-0.3, -0.25) is 9.48 Å². The van der Waals surface area contributed by atoms with Gasteiger partial charge in [-0.25, -0.2) is 9.97 Å². The number of piperidine rings is 1. The molecule has 0 spiro atoms. The number of benzene rings is 2. The second kappa shape index (κ2) is 10.1. The Balaban J connectivity index is 1.21. The summed E-state index contributed by atoms with van der Waals surface area (Å²) in [5.74, 6) is 0.974. The summed E-state index contributed by atoms with van der Waals surface area (Å²) in [5, 5.41) is 11.3. The normalized spacial score (nSPS) is 14.1. The van der Waals surface area contributed by atoms with E-state index in [4.69, 9.17) is 11.6 Å². The summed E-state index contributed by atoms with van der Waals surface area (Å²) >= 11 is 6.01. The minimum atomic E-state index is -0.121. The van der Waals surface area contributed by atoms with Crippen LogP contribution in [0.1, 0.15) is 25.8 Å². The molecule has 2 N–H and O–H groups in total. The molecule has 0 aliphatic carbocycles. The van der Waals surface area contributed by atoms with Gasteiger partial charge in [0, 0.05) is 48.2 Å². The first-order valence-corrected chi connectivity index (χ1v) is 11.8. The highest BCUT2D eigenvalue weighted by Gasteiger charge is 2.23. The van der Waals surface area contributed by atoms with Crippen LogP contribution in [0.5, 0.6) is 0 Å². The monoisotopic (exact) mass is 488 g/mol. The minimum Gasteiger partial charge on any atom is -0.341 e. The number of aromatic nitrogens is 5. The molecule has 1 aliphatic heterocycles. The maximum atomic E-state index is 11.3. The average molecular weight is 489 g/mol. The lowest BCUT2D eigenvalue weighted by molar-refractivity contribution is -0.114. The van der Waals surface area contributed by atoms with Gasteiger partial charge >= 0.3 is 0 Å². The first kappa shape index (κ1) is 22.8. The molecule has 178 valence electrons. The standard InChI is InChI=1S/C25H25ClN8O/c1-17(35)30-21-3-2-4-22(13-21)31-24-27-16-28-25(32-24)33-11-9-23(10-12-33)34-15-19(14-29-34)18-5-7-20(26)8-6-18/h2-8,13-16,23H,9-12H2,1H3,(H,30,35)(H,27,28,31,32). The number of amides is 1. The molecule has 0 bridgehead atoms. The third-order valence-electron chi connectivity index (χ3n) is 5.90. The molecule has 0 saturated carbocycles. The fraction of sp³-hybridized carbons (Fsp3) is 0.240. The molecule has 1 saturated heterocycles. The van der Waals surface area contributed by atoms with E-state index < -0.39 is 0 Å². The largest absolute Gasteiger partial charge is 0.341 e. The number of halogens is 1. The summed E-state index contributed by atoms with van der Waals surface area (Å²) in [7, 11) is 0. The molecule has 1 fully saturated rings. The summed E-state index contributed by atoms with van der Waals surface area (Å²) < 4.78 is 2.06. The van der Waals surface area contributed by atoms with Crippen molar-refractivity contribution in [1.82, 2.24) is 24.7 Å². The molecule has 4 aromatic rings. The van der Waals surface area contributed by atoms with Crippen LogP contribution in [-0.4, -0.2) is 43.7 Å². The van der Waals surface area contributed by atoms with E-state index in [1.807, 2.05) is 54.7 Å². The Labute approximate surface area is 208 Å². The Morgan fingerprint density at radius 3 is 2.57 bits per heavy atom. The predicted molar refractivity (Wildman–Crippen MR) is 137 cm³/mol. The molecule has 0 unspecified atom stereocenters. The molecule has 2 aromatic heterocycles. The van der Waals surface area contributed by atoms with Crippen LogP contribution in [0, 0.1) is 0 Å². The van der Waals surface area contributed by atoms with E-state index in [-0.39, 0.29) is 5.91 Å². The summed E-state index contributed by atoms with van der Waals surface area (Å²) in [5.41, 5.74) is 3.67. The van der Waals surface area contributed by atoms with E-state index in [0.29, 0.717) is 23.6 Å². The summed E-state index contributed by atoms with van der Waals surface area (Å²) in [4.78, 5) is 26.7. The zero-order valence-corrected chi connectivity index (χ0v) is 20.0. The lowest BCUT2D eigenvalue weighted by atomic mass is 10.1. The second-order valence-corrected chi connectivity index (χ2v) is 8.87. The van der Waals surface area contributed by atoms with E-state index in [9.17, 15) is 4.79 Å². The fourth-order valence-corrected chi connectivity index (χ4v) is 4.29. The Morgan fingerprint density at radius 2 is 1.80 bits per heavy atom. The number of hydrogen-bond acceptors (Lipinski definition) is 7. The molecule has 0 radical (unpaired) electrons. The van der Waals surface area contributed by atoms with Gasteiger partial charge in [0.2, 0.25) is 17.8 Å². The third kappa shape index (κ3) is 5.58. The number of nitrogens with one attached hydrogen (secondary N) is 2. The van der Waals surface area contributed by atoms with E-state index in [2.05, 4.69) is 46.5 Å². The number of anilines is 4. The lowest BCUT2D eigenvalue weighted by Gasteiger charge is -2.32. The molecule has 3 heterocycles. The van der Waals surface area contributed by atoms with Crippen molar-refractivity contribution in [2.24, 2.45) is 0 Å². The van der Waals surface area contributed by atoms with Crippen molar-refractivity contribution in [1.29, 1.82) is 0 Å². The molecule has 35 heavy (non-hydrogen) atoms. The van der Waals surface area contributed by atoms with Gasteiger partial charge in [-0.2, -0.15) is 10.1 Å². The highest BCUT2D eigenvalue weighted by molar-refractivity contribution is 6.30. The Hall–Kier alpha value is -3.98. The van der Waals surface area contributed by atoms with Crippen LogP contribution in [-0.2, 0) is 4.79 Å². The van der Waals surface area contributed by atoms with E-state index in [1.165, 1.54) is 13.3 Å². The van der Waals surface area contributed by atoms with Gasteiger partial charge < -0.3 is 15.5 Å². The highest BCUT2D eigenvalue weighted by Crippen LogP contribution is 2.28. The summed E-state index contributed by atoms with van der Waals surface area (Å²) in [6, 6.07) is 15.5. The molecule has 2 aromatic carbocycles. The predicted octanol–water partition coefficient (Wildman–Crippen LogP) is 4.93. The van der Waals surface area contributed by atoms with Crippen molar-refractivity contribution in [3.8, 4) is 11.1 Å². The Bertz CT molecular complexity index is 1320. The van der Waals surface area contributed by atoms with Crippen LogP contribution < -0.4 is 15.5 Å². The van der Waals surface area contributed by atoms with Crippen molar-refractivity contribution in [3.63, 3.8) is 0 Å². The maximum Gasteiger partial charge on any atom is 0.231 e. The highest BCUT2D eigenvalue weighted by atomic mass is 35.5. The topological polar surface area (TPSA) is 101 Å². The van der Waals surface area contributed by atoms with Crippen LogP contribution in [0.4, 0.5) is 23.3 Å². The maximum absolute atomic E-state index is 11.3. The number of nitrogens with zero attached hydrogens (tertiary/aromatic N) is 6. The third-order valence-corrected chi connectivity index (χ3v) is 6.15. The lowest BCUT2D eigenvalue weighted by Crippen LogP contribution is -2.36. The van der Waals surface area contributed by atoms with Gasteiger partial charge in [-0.15, -0.1) is 0 Å². The first-order valence-electron chi connectivity index (χ1n) is 11.4. The first-order chi connectivity index (χ1) is 17.0. The fourth-order valence-electron chi connectivity index (χ4n) is 4.17. The average Bonchev–Trinajstić information content (AvgIpc) is 3.35. The van der Waals surface area contributed by atoms with E-state index in [0.717, 1.165) is 47.8 Å². The Kier molecular flexibility index (Phi) is 6.58. The SMILES string of the molecule is CC(=O)Nc1cccc(Nc2ncnc(N3CCC(n4cc(-c5ccc(Cl)cc5)cn4)CC3)n2)c1. The molecule has 0 atom stereocenters. The van der Waals surface area contributed by atoms with Crippen molar-refractivity contribution >= 4 is 40.8 Å². The molecule has 5 rings (SSSR count). The Morgan fingerprint density at radius 1 is 1.03 bits per heavy atom. The number of carbonyl (C=O) groups excluding carboxylic acids is 1. The van der Waals surface area contributed by atoms with Crippen molar-refractivity contribution in [3.05, 3.63) is 72.3 Å². The number of hydrogen-bond donors (Lipinski definition) is 2. The van der Waals surface area contributed by atoms with Crippen molar-refractivity contribution in [2.45, 2.75) is 25.8 Å². The molecule has 10 heteroatoms. The van der Waals surface area contributed by atoms with Gasteiger partial charge in [0.15, 0.2) is 0 Å². The van der Waals surface area contributed by atoms with E-state index >= 15 is 0 Å².